The number of carboxylic acid groups (broad SMARTS) is 1. The molecule has 17 heavy (non-hydrogen) atoms. The van der Waals surface area contributed by atoms with Gasteiger partial charge in [-0.05, 0) is 24.5 Å². The van der Waals surface area contributed by atoms with Crippen molar-refractivity contribution in [1.82, 2.24) is 0 Å². The Hall–Kier alpha value is -1.36. The maximum absolute atomic E-state index is 12.3. The van der Waals surface area contributed by atoms with Gasteiger partial charge in [-0.25, -0.2) is 8.42 Å². The fourth-order valence-electron chi connectivity index (χ4n) is 1.79. The van der Waals surface area contributed by atoms with Crippen LogP contribution in [0.5, 0.6) is 0 Å². The van der Waals surface area contributed by atoms with Gasteiger partial charge in [0.15, 0.2) is 15.1 Å². The van der Waals surface area contributed by atoms with E-state index in [1.807, 2.05) is 0 Å². The molecule has 1 aromatic rings. The minimum atomic E-state index is -3.83. The Morgan fingerprint density at radius 2 is 1.76 bits per heavy atom. The number of aryl methyl sites for hydroxylation is 1. The van der Waals surface area contributed by atoms with Crippen molar-refractivity contribution in [3.63, 3.8) is 0 Å². The number of carboxylic acids is 1. The Kier molecular flexibility index (Phi) is 3.93. The summed E-state index contributed by atoms with van der Waals surface area (Å²) < 4.78 is 24.5. The van der Waals surface area contributed by atoms with E-state index in [1.165, 1.54) is 6.07 Å². The molecule has 1 N–H and O–H groups in total. The zero-order valence-electron chi connectivity index (χ0n) is 10.0. The van der Waals surface area contributed by atoms with Crippen LogP contribution in [0.1, 0.15) is 19.4 Å². The lowest BCUT2D eigenvalue weighted by molar-refractivity contribution is -0.137. The minimum absolute atomic E-state index is 0.0982. The van der Waals surface area contributed by atoms with E-state index in [9.17, 15) is 13.2 Å². The van der Waals surface area contributed by atoms with Crippen molar-refractivity contribution in [2.45, 2.75) is 30.9 Å². The highest BCUT2D eigenvalue weighted by molar-refractivity contribution is 7.92. The lowest BCUT2D eigenvalue weighted by Crippen LogP contribution is -2.35. The van der Waals surface area contributed by atoms with Crippen molar-refractivity contribution in [3.8, 4) is 0 Å². The van der Waals surface area contributed by atoms with Crippen LogP contribution in [0.25, 0.3) is 0 Å². The molecule has 0 aliphatic rings. The molecule has 0 spiro atoms. The van der Waals surface area contributed by atoms with Crippen LogP contribution in [0, 0.1) is 12.8 Å². The summed E-state index contributed by atoms with van der Waals surface area (Å²) in [6.07, 6.45) is 0. The molecule has 0 aliphatic heterocycles. The molecular weight excluding hydrogens is 240 g/mol. The van der Waals surface area contributed by atoms with Gasteiger partial charge >= 0.3 is 5.97 Å². The Balaban J connectivity index is 3.37. The molecule has 1 rings (SSSR count). The average molecular weight is 256 g/mol. The molecule has 1 atom stereocenters. The molecule has 0 radical (unpaired) electrons. The van der Waals surface area contributed by atoms with Crippen molar-refractivity contribution in [1.29, 1.82) is 0 Å². The molecule has 0 aromatic heterocycles. The minimum Gasteiger partial charge on any atom is -0.480 e. The molecule has 1 unspecified atom stereocenters. The van der Waals surface area contributed by atoms with Gasteiger partial charge in [0, 0.05) is 0 Å². The molecule has 0 heterocycles. The van der Waals surface area contributed by atoms with Crippen LogP contribution < -0.4 is 0 Å². The fourth-order valence-corrected chi connectivity index (χ4v) is 3.83. The zero-order valence-corrected chi connectivity index (χ0v) is 10.9. The third-order valence-corrected chi connectivity index (χ3v) is 5.07. The maximum Gasteiger partial charge on any atom is 0.322 e. The summed E-state index contributed by atoms with van der Waals surface area (Å²) in [6.45, 7) is 4.84. The van der Waals surface area contributed by atoms with Crippen molar-refractivity contribution in [2.24, 2.45) is 5.92 Å². The van der Waals surface area contributed by atoms with Crippen molar-refractivity contribution >= 4 is 15.8 Å². The molecule has 0 amide bonds. The number of aliphatic carboxylic acids is 1. The second-order valence-corrected chi connectivity index (χ2v) is 6.35. The van der Waals surface area contributed by atoms with Gasteiger partial charge < -0.3 is 5.11 Å². The lowest BCUT2D eigenvalue weighted by atomic mass is 10.1. The standard InChI is InChI=1S/C12H16O4S/c1-8(2)11(12(13)14)17(15,16)10-7-5-4-6-9(10)3/h4-8,11H,1-3H3,(H,13,14). The molecule has 0 aliphatic carbocycles. The fraction of sp³-hybridized carbons (Fsp3) is 0.417. The average Bonchev–Trinajstić information content (AvgIpc) is 2.15. The van der Waals surface area contributed by atoms with Crippen LogP contribution >= 0.6 is 0 Å². The molecule has 0 bridgehead atoms. The number of hydrogen-bond acceptors (Lipinski definition) is 3. The van der Waals surface area contributed by atoms with Gasteiger partial charge in [0.1, 0.15) is 0 Å². The topological polar surface area (TPSA) is 71.4 Å². The number of hydrogen-bond donors (Lipinski definition) is 1. The second-order valence-electron chi connectivity index (χ2n) is 4.31. The predicted molar refractivity (Wildman–Crippen MR) is 64.6 cm³/mol. The SMILES string of the molecule is Cc1ccccc1S(=O)(=O)C(C(=O)O)C(C)C. The predicted octanol–water partition coefficient (Wildman–Crippen LogP) is 1.88. The van der Waals surface area contributed by atoms with Gasteiger partial charge in [-0.1, -0.05) is 32.0 Å². The highest BCUT2D eigenvalue weighted by Crippen LogP contribution is 2.24. The summed E-state index contributed by atoms with van der Waals surface area (Å²) in [5.41, 5.74) is 0.569. The van der Waals surface area contributed by atoms with Crippen LogP contribution in [0.2, 0.25) is 0 Å². The molecular formula is C12H16O4S. The normalized spacial score (nSPS) is 13.6. The smallest absolute Gasteiger partial charge is 0.322 e. The molecule has 4 nitrogen and oxygen atoms in total. The lowest BCUT2D eigenvalue weighted by Gasteiger charge is -2.18. The van der Waals surface area contributed by atoms with E-state index in [2.05, 4.69) is 0 Å². The van der Waals surface area contributed by atoms with Gasteiger partial charge in [-0.3, -0.25) is 4.79 Å². The first-order chi connectivity index (χ1) is 7.78. The molecule has 0 fully saturated rings. The molecule has 5 heteroatoms. The first kappa shape index (κ1) is 13.7. The van der Waals surface area contributed by atoms with Crippen molar-refractivity contribution < 1.29 is 18.3 Å². The van der Waals surface area contributed by atoms with Crippen LogP contribution in [0.3, 0.4) is 0 Å². The Morgan fingerprint density at radius 1 is 1.24 bits per heavy atom. The number of carbonyl (C=O) groups is 1. The molecule has 1 aromatic carbocycles. The second kappa shape index (κ2) is 4.87. The van der Waals surface area contributed by atoms with Crippen LogP contribution in [-0.4, -0.2) is 24.7 Å². The number of benzene rings is 1. The zero-order chi connectivity index (χ0) is 13.2. The molecule has 94 valence electrons. The summed E-state index contributed by atoms with van der Waals surface area (Å²) in [4.78, 5) is 11.2. The number of sulfone groups is 1. The van der Waals surface area contributed by atoms with Gasteiger partial charge in [0.2, 0.25) is 0 Å². The maximum atomic E-state index is 12.3. The van der Waals surface area contributed by atoms with E-state index in [0.29, 0.717) is 5.56 Å². The Bertz CT molecular complexity index is 517. The summed E-state index contributed by atoms with van der Waals surface area (Å²) in [6, 6.07) is 6.42. The van der Waals surface area contributed by atoms with E-state index < -0.39 is 27.0 Å². The Morgan fingerprint density at radius 3 is 2.18 bits per heavy atom. The van der Waals surface area contributed by atoms with Gasteiger partial charge in [-0.2, -0.15) is 0 Å². The van der Waals surface area contributed by atoms with Crippen molar-refractivity contribution in [2.75, 3.05) is 0 Å². The summed E-state index contributed by atoms with van der Waals surface area (Å²) in [7, 11) is -3.83. The summed E-state index contributed by atoms with van der Waals surface area (Å²) in [5.74, 6) is -1.78. The van der Waals surface area contributed by atoms with Gasteiger partial charge in [0.25, 0.3) is 0 Å². The summed E-state index contributed by atoms with van der Waals surface area (Å²) in [5, 5.41) is 7.65. The van der Waals surface area contributed by atoms with Crippen LogP contribution in [0.15, 0.2) is 29.2 Å². The Labute approximate surface area is 101 Å². The van der Waals surface area contributed by atoms with Gasteiger partial charge in [0.05, 0.1) is 4.90 Å². The third-order valence-electron chi connectivity index (χ3n) is 2.58. The largest absolute Gasteiger partial charge is 0.480 e. The third kappa shape index (κ3) is 2.66. The van der Waals surface area contributed by atoms with E-state index >= 15 is 0 Å². The highest BCUT2D eigenvalue weighted by atomic mass is 32.2. The highest BCUT2D eigenvalue weighted by Gasteiger charge is 2.37. The van der Waals surface area contributed by atoms with Gasteiger partial charge in [-0.15, -0.1) is 0 Å². The van der Waals surface area contributed by atoms with E-state index in [-0.39, 0.29) is 4.90 Å². The van der Waals surface area contributed by atoms with E-state index in [4.69, 9.17) is 5.11 Å². The first-order valence-corrected chi connectivity index (χ1v) is 6.85. The van der Waals surface area contributed by atoms with E-state index in [1.54, 1.807) is 39.0 Å². The number of rotatable bonds is 4. The summed E-state index contributed by atoms with van der Waals surface area (Å²) >= 11 is 0. The molecule has 0 saturated heterocycles. The molecule has 0 saturated carbocycles. The van der Waals surface area contributed by atoms with E-state index in [0.717, 1.165) is 0 Å². The quantitative estimate of drug-likeness (QED) is 0.892. The van der Waals surface area contributed by atoms with Crippen molar-refractivity contribution in [3.05, 3.63) is 29.8 Å². The van der Waals surface area contributed by atoms with Crippen LogP contribution in [-0.2, 0) is 14.6 Å². The van der Waals surface area contributed by atoms with Crippen LogP contribution in [0.4, 0.5) is 0 Å². The monoisotopic (exact) mass is 256 g/mol. The first-order valence-electron chi connectivity index (χ1n) is 5.30.